The van der Waals surface area contributed by atoms with Gasteiger partial charge in [-0.05, 0) is 67.3 Å². The zero-order valence-electron chi connectivity index (χ0n) is 15.5. The third-order valence-electron chi connectivity index (χ3n) is 5.08. The van der Waals surface area contributed by atoms with E-state index in [0.717, 1.165) is 24.8 Å². The standard InChI is InChI=1S/C21H24FN3O2.ClH/c22-17-8-6-15(7-9-17)20(26)25-18-10-4-14(5-11-18)13-24-21(27)19-3-1-2-16(19)12-23;/h4-11,16,19H,1-3,12-13,23H2,(H,24,27)(H,25,26);1H/t16-,19-;/m1./s1. The predicted octanol–water partition coefficient (Wildman–Crippen LogP) is 3.49. The van der Waals surface area contributed by atoms with Gasteiger partial charge in [0.05, 0.1) is 0 Å². The molecule has 1 fully saturated rings. The number of hydrogen-bond donors (Lipinski definition) is 3. The van der Waals surface area contributed by atoms with E-state index in [0.29, 0.717) is 24.3 Å². The largest absolute Gasteiger partial charge is 0.352 e. The Kier molecular flexibility index (Phi) is 7.96. The highest BCUT2D eigenvalue weighted by Crippen LogP contribution is 2.31. The second-order valence-electron chi connectivity index (χ2n) is 6.91. The molecule has 2 amide bonds. The maximum atomic E-state index is 12.9. The molecule has 5 nitrogen and oxygen atoms in total. The number of anilines is 1. The van der Waals surface area contributed by atoms with Crippen molar-refractivity contribution in [3.63, 3.8) is 0 Å². The fourth-order valence-electron chi connectivity index (χ4n) is 3.49. The highest BCUT2D eigenvalue weighted by molar-refractivity contribution is 6.04. The Morgan fingerprint density at radius 1 is 1.04 bits per heavy atom. The van der Waals surface area contributed by atoms with Gasteiger partial charge in [-0.3, -0.25) is 9.59 Å². The van der Waals surface area contributed by atoms with Crippen LogP contribution >= 0.6 is 12.4 Å². The van der Waals surface area contributed by atoms with Crippen LogP contribution in [-0.2, 0) is 11.3 Å². The molecule has 3 rings (SSSR count). The monoisotopic (exact) mass is 405 g/mol. The van der Waals surface area contributed by atoms with Crippen molar-refractivity contribution in [1.82, 2.24) is 5.32 Å². The van der Waals surface area contributed by atoms with Crippen molar-refractivity contribution in [3.8, 4) is 0 Å². The second kappa shape index (κ2) is 10.2. The number of carbonyl (C=O) groups excluding carboxylic acids is 2. The molecule has 2 atom stereocenters. The highest BCUT2D eigenvalue weighted by Gasteiger charge is 2.31. The minimum Gasteiger partial charge on any atom is -0.352 e. The van der Waals surface area contributed by atoms with E-state index in [1.807, 2.05) is 12.1 Å². The summed E-state index contributed by atoms with van der Waals surface area (Å²) in [4.78, 5) is 24.5. The van der Waals surface area contributed by atoms with Crippen LogP contribution in [0, 0.1) is 17.7 Å². The van der Waals surface area contributed by atoms with Crippen molar-refractivity contribution in [2.24, 2.45) is 17.6 Å². The molecule has 150 valence electrons. The average molecular weight is 406 g/mol. The van der Waals surface area contributed by atoms with Gasteiger partial charge < -0.3 is 16.4 Å². The van der Waals surface area contributed by atoms with E-state index in [4.69, 9.17) is 5.73 Å². The van der Waals surface area contributed by atoms with Gasteiger partial charge >= 0.3 is 0 Å². The van der Waals surface area contributed by atoms with Crippen molar-refractivity contribution in [2.75, 3.05) is 11.9 Å². The summed E-state index contributed by atoms with van der Waals surface area (Å²) in [5.74, 6) is -0.312. The minimum absolute atomic E-state index is 0. The van der Waals surface area contributed by atoms with Gasteiger partial charge in [0, 0.05) is 23.7 Å². The van der Waals surface area contributed by atoms with E-state index < -0.39 is 0 Å². The normalized spacial score (nSPS) is 18.2. The smallest absolute Gasteiger partial charge is 0.255 e. The molecule has 2 aromatic carbocycles. The Labute approximate surface area is 170 Å². The summed E-state index contributed by atoms with van der Waals surface area (Å²) < 4.78 is 12.9. The first kappa shape index (κ1) is 21.9. The number of rotatable bonds is 6. The van der Waals surface area contributed by atoms with Crippen LogP contribution in [0.1, 0.15) is 35.2 Å². The van der Waals surface area contributed by atoms with Crippen molar-refractivity contribution < 1.29 is 14.0 Å². The van der Waals surface area contributed by atoms with E-state index in [9.17, 15) is 14.0 Å². The van der Waals surface area contributed by atoms with E-state index in [-0.39, 0.29) is 41.9 Å². The first-order chi connectivity index (χ1) is 13.1. The molecule has 0 unspecified atom stereocenters. The van der Waals surface area contributed by atoms with Crippen molar-refractivity contribution in [3.05, 3.63) is 65.5 Å². The van der Waals surface area contributed by atoms with Gasteiger partial charge in [-0.2, -0.15) is 0 Å². The van der Waals surface area contributed by atoms with Crippen LogP contribution in [0.4, 0.5) is 10.1 Å². The maximum Gasteiger partial charge on any atom is 0.255 e. The Morgan fingerprint density at radius 3 is 2.36 bits per heavy atom. The third kappa shape index (κ3) is 5.53. The summed E-state index contributed by atoms with van der Waals surface area (Å²) in [7, 11) is 0. The minimum atomic E-state index is -0.381. The number of carbonyl (C=O) groups is 2. The highest BCUT2D eigenvalue weighted by atomic mass is 35.5. The number of hydrogen-bond acceptors (Lipinski definition) is 3. The molecule has 1 saturated carbocycles. The molecule has 0 spiro atoms. The molecule has 1 aliphatic carbocycles. The van der Waals surface area contributed by atoms with Crippen LogP contribution in [-0.4, -0.2) is 18.4 Å². The Balaban J connectivity index is 0.00000280. The van der Waals surface area contributed by atoms with E-state index >= 15 is 0 Å². The van der Waals surface area contributed by atoms with Gasteiger partial charge in [-0.1, -0.05) is 18.6 Å². The topological polar surface area (TPSA) is 84.2 Å². The molecule has 0 aliphatic heterocycles. The Bertz CT molecular complexity index is 796. The van der Waals surface area contributed by atoms with Crippen LogP contribution in [0.2, 0.25) is 0 Å². The van der Waals surface area contributed by atoms with Crippen LogP contribution < -0.4 is 16.4 Å². The lowest BCUT2D eigenvalue weighted by Gasteiger charge is -2.17. The fourth-order valence-corrected chi connectivity index (χ4v) is 3.49. The number of amides is 2. The van der Waals surface area contributed by atoms with Crippen molar-refractivity contribution >= 4 is 29.9 Å². The van der Waals surface area contributed by atoms with Gasteiger partial charge in [-0.15, -0.1) is 12.4 Å². The van der Waals surface area contributed by atoms with Crippen LogP contribution in [0.5, 0.6) is 0 Å². The van der Waals surface area contributed by atoms with Crippen LogP contribution in [0.15, 0.2) is 48.5 Å². The van der Waals surface area contributed by atoms with E-state index in [2.05, 4.69) is 10.6 Å². The lowest BCUT2D eigenvalue weighted by molar-refractivity contribution is -0.126. The first-order valence-electron chi connectivity index (χ1n) is 9.20. The number of benzene rings is 2. The van der Waals surface area contributed by atoms with Gasteiger partial charge in [-0.25, -0.2) is 4.39 Å². The number of halogens is 2. The van der Waals surface area contributed by atoms with Crippen molar-refractivity contribution in [2.45, 2.75) is 25.8 Å². The molecule has 1 aliphatic rings. The number of nitrogens with one attached hydrogen (secondary N) is 2. The molecule has 2 aromatic rings. The molecule has 28 heavy (non-hydrogen) atoms. The summed E-state index contributed by atoms with van der Waals surface area (Å²) in [5, 5.41) is 5.74. The van der Waals surface area contributed by atoms with E-state index in [1.54, 1.807) is 12.1 Å². The summed E-state index contributed by atoms with van der Waals surface area (Å²) >= 11 is 0. The number of nitrogens with two attached hydrogens (primary N) is 1. The SMILES string of the molecule is Cl.NC[C@H]1CCC[C@H]1C(=O)NCc1ccc(NC(=O)c2ccc(F)cc2)cc1. The second-order valence-corrected chi connectivity index (χ2v) is 6.91. The van der Waals surface area contributed by atoms with Gasteiger partial charge in [0.15, 0.2) is 0 Å². The zero-order valence-corrected chi connectivity index (χ0v) is 16.3. The average Bonchev–Trinajstić information content (AvgIpc) is 3.16. The Hall–Kier alpha value is -2.44. The predicted molar refractivity (Wildman–Crippen MR) is 110 cm³/mol. The summed E-state index contributed by atoms with van der Waals surface area (Å²) in [6.07, 6.45) is 2.99. The zero-order chi connectivity index (χ0) is 19.2. The van der Waals surface area contributed by atoms with Gasteiger partial charge in [0.25, 0.3) is 5.91 Å². The Morgan fingerprint density at radius 2 is 1.71 bits per heavy atom. The molecular weight excluding hydrogens is 381 g/mol. The van der Waals surface area contributed by atoms with Crippen molar-refractivity contribution in [1.29, 1.82) is 0 Å². The lowest BCUT2D eigenvalue weighted by atomic mass is 9.95. The van der Waals surface area contributed by atoms with Crippen LogP contribution in [0.3, 0.4) is 0 Å². The van der Waals surface area contributed by atoms with Gasteiger partial charge in [0.1, 0.15) is 5.82 Å². The molecular formula is C21H25ClFN3O2. The fraction of sp³-hybridized carbons (Fsp3) is 0.333. The molecule has 0 radical (unpaired) electrons. The summed E-state index contributed by atoms with van der Waals surface area (Å²) in [6.45, 7) is 0.999. The van der Waals surface area contributed by atoms with Crippen LogP contribution in [0.25, 0.3) is 0 Å². The first-order valence-corrected chi connectivity index (χ1v) is 9.20. The summed E-state index contributed by atoms with van der Waals surface area (Å²) in [6, 6.07) is 12.6. The molecule has 4 N–H and O–H groups in total. The third-order valence-corrected chi connectivity index (χ3v) is 5.08. The molecule has 7 heteroatoms. The molecule has 0 saturated heterocycles. The molecule has 0 aromatic heterocycles. The molecule has 0 heterocycles. The maximum absolute atomic E-state index is 12.9. The van der Waals surface area contributed by atoms with E-state index in [1.165, 1.54) is 24.3 Å². The summed E-state index contributed by atoms with van der Waals surface area (Å²) in [5.41, 5.74) is 7.72. The lowest BCUT2D eigenvalue weighted by Crippen LogP contribution is -2.34. The quantitative estimate of drug-likeness (QED) is 0.687. The molecule has 0 bridgehead atoms. The van der Waals surface area contributed by atoms with Gasteiger partial charge in [0.2, 0.25) is 5.91 Å².